The van der Waals surface area contributed by atoms with Crippen LogP contribution in [0.4, 0.5) is 5.69 Å². The van der Waals surface area contributed by atoms with Crippen LogP contribution in [-0.4, -0.2) is 43.5 Å². The van der Waals surface area contributed by atoms with Crippen molar-refractivity contribution >= 4 is 29.1 Å². The van der Waals surface area contributed by atoms with Gasteiger partial charge < -0.3 is 9.64 Å². The molecule has 1 heterocycles. The number of hydrogen-bond donors (Lipinski definition) is 0. The molecule has 1 aliphatic rings. The van der Waals surface area contributed by atoms with E-state index in [1.807, 2.05) is 4.90 Å². The SMILES string of the molecule is COc1ccc(Cl)cc1N(CC(=O)N1CCCC(C)C1)C(C)=O. The van der Waals surface area contributed by atoms with Crippen molar-refractivity contribution in [3.8, 4) is 5.75 Å². The van der Waals surface area contributed by atoms with Crippen LogP contribution in [0.25, 0.3) is 0 Å². The zero-order chi connectivity index (χ0) is 17.0. The van der Waals surface area contributed by atoms with Crippen LogP contribution in [0.15, 0.2) is 18.2 Å². The van der Waals surface area contributed by atoms with Gasteiger partial charge in [0.15, 0.2) is 0 Å². The highest BCUT2D eigenvalue weighted by Gasteiger charge is 2.25. The highest BCUT2D eigenvalue weighted by molar-refractivity contribution is 6.31. The summed E-state index contributed by atoms with van der Waals surface area (Å²) in [5.41, 5.74) is 0.519. The molecule has 0 aliphatic carbocycles. The van der Waals surface area contributed by atoms with Crippen LogP contribution in [0.1, 0.15) is 26.7 Å². The van der Waals surface area contributed by atoms with Crippen LogP contribution < -0.4 is 9.64 Å². The molecule has 126 valence electrons. The molecular weight excluding hydrogens is 316 g/mol. The molecule has 1 unspecified atom stereocenters. The van der Waals surface area contributed by atoms with Gasteiger partial charge in [-0.15, -0.1) is 0 Å². The highest BCUT2D eigenvalue weighted by Crippen LogP contribution is 2.31. The minimum Gasteiger partial charge on any atom is -0.495 e. The lowest BCUT2D eigenvalue weighted by Gasteiger charge is -2.33. The van der Waals surface area contributed by atoms with Crippen molar-refractivity contribution in [2.24, 2.45) is 5.92 Å². The Labute approximate surface area is 142 Å². The van der Waals surface area contributed by atoms with Gasteiger partial charge in [0.2, 0.25) is 11.8 Å². The van der Waals surface area contributed by atoms with Gasteiger partial charge in [-0.05, 0) is 37.0 Å². The third-order valence-corrected chi connectivity index (χ3v) is 4.35. The summed E-state index contributed by atoms with van der Waals surface area (Å²) in [5, 5.41) is 0.492. The minimum atomic E-state index is -0.219. The number of hydrogen-bond acceptors (Lipinski definition) is 3. The number of methoxy groups -OCH3 is 1. The van der Waals surface area contributed by atoms with Gasteiger partial charge in [-0.25, -0.2) is 0 Å². The van der Waals surface area contributed by atoms with Crippen LogP contribution in [0, 0.1) is 5.92 Å². The zero-order valence-corrected chi connectivity index (χ0v) is 14.6. The average molecular weight is 339 g/mol. The van der Waals surface area contributed by atoms with Crippen LogP contribution in [0.5, 0.6) is 5.75 Å². The molecule has 23 heavy (non-hydrogen) atoms. The molecule has 0 aromatic heterocycles. The van der Waals surface area contributed by atoms with Gasteiger partial charge in [0.25, 0.3) is 0 Å². The number of carbonyl (C=O) groups excluding carboxylic acids is 2. The molecule has 1 atom stereocenters. The number of halogens is 1. The Balaban J connectivity index is 2.20. The lowest BCUT2D eigenvalue weighted by Crippen LogP contribution is -2.46. The third-order valence-electron chi connectivity index (χ3n) is 4.11. The van der Waals surface area contributed by atoms with E-state index in [2.05, 4.69) is 6.92 Å². The second-order valence-corrected chi connectivity index (χ2v) is 6.44. The molecule has 2 amide bonds. The Morgan fingerprint density at radius 1 is 1.43 bits per heavy atom. The van der Waals surface area contributed by atoms with Gasteiger partial charge in [-0.2, -0.15) is 0 Å². The average Bonchev–Trinajstić information content (AvgIpc) is 2.52. The van der Waals surface area contributed by atoms with Gasteiger partial charge in [0.05, 0.1) is 12.8 Å². The molecular formula is C17H23ClN2O3. The number of ether oxygens (including phenoxy) is 1. The fourth-order valence-electron chi connectivity index (χ4n) is 2.89. The Bertz CT molecular complexity index is 591. The third kappa shape index (κ3) is 4.38. The predicted molar refractivity (Wildman–Crippen MR) is 91.0 cm³/mol. The molecule has 6 heteroatoms. The molecule has 5 nitrogen and oxygen atoms in total. The Morgan fingerprint density at radius 2 is 2.17 bits per heavy atom. The van der Waals surface area contributed by atoms with Crippen LogP contribution in [-0.2, 0) is 9.59 Å². The molecule has 1 fully saturated rings. The summed E-state index contributed by atoms with van der Waals surface area (Å²) < 4.78 is 5.30. The van der Waals surface area contributed by atoms with E-state index < -0.39 is 0 Å². The van der Waals surface area contributed by atoms with Crippen molar-refractivity contribution in [2.45, 2.75) is 26.7 Å². The van der Waals surface area contributed by atoms with Crippen molar-refractivity contribution in [3.63, 3.8) is 0 Å². The van der Waals surface area contributed by atoms with E-state index in [0.717, 1.165) is 25.9 Å². The molecule has 0 radical (unpaired) electrons. The molecule has 2 rings (SSSR count). The Morgan fingerprint density at radius 3 is 2.78 bits per heavy atom. The van der Waals surface area contributed by atoms with E-state index in [0.29, 0.717) is 22.4 Å². The van der Waals surface area contributed by atoms with Gasteiger partial charge in [-0.1, -0.05) is 18.5 Å². The number of amides is 2. The molecule has 0 bridgehead atoms. The fraction of sp³-hybridized carbons (Fsp3) is 0.529. The summed E-state index contributed by atoms with van der Waals surface area (Å²) in [6.45, 7) is 5.08. The lowest BCUT2D eigenvalue weighted by atomic mass is 10.0. The maximum absolute atomic E-state index is 12.6. The minimum absolute atomic E-state index is 0.00123. The van der Waals surface area contributed by atoms with Gasteiger partial charge in [0.1, 0.15) is 12.3 Å². The molecule has 1 aliphatic heterocycles. The van der Waals surface area contributed by atoms with E-state index in [1.165, 1.54) is 18.9 Å². The number of rotatable bonds is 4. The summed E-state index contributed by atoms with van der Waals surface area (Å²) in [4.78, 5) is 27.9. The smallest absolute Gasteiger partial charge is 0.242 e. The first kappa shape index (κ1) is 17.6. The van der Waals surface area contributed by atoms with E-state index in [1.54, 1.807) is 18.2 Å². The first-order valence-electron chi connectivity index (χ1n) is 7.81. The number of piperidine rings is 1. The largest absolute Gasteiger partial charge is 0.495 e. The zero-order valence-electron chi connectivity index (χ0n) is 13.8. The van der Waals surface area contributed by atoms with E-state index >= 15 is 0 Å². The molecule has 1 aromatic carbocycles. The van der Waals surface area contributed by atoms with Gasteiger partial charge in [0, 0.05) is 25.0 Å². The molecule has 1 aromatic rings. The second kappa shape index (κ2) is 7.68. The topological polar surface area (TPSA) is 49.9 Å². The number of nitrogens with zero attached hydrogens (tertiary/aromatic N) is 2. The summed E-state index contributed by atoms with van der Waals surface area (Å²) in [5.74, 6) is 0.751. The molecule has 1 saturated heterocycles. The standard InChI is InChI=1S/C17H23ClN2O3/c1-12-5-4-8-19(10-12)17(22)11-20(13(2)21)15-9-14(18)6-7-16(15)23-3/h6-7,9,12H,4-5,8,10-11H2,1-3H3. The van der Waals surface area contributed by atoms with Crippen LogP contribution >= 0.6 is 11.6 Å². The quantitative estimate of drug-likeness (QED) is 0.848. The van der Waals surface area contributed by atoms with E-state index in [9.17, 15) is 9.59 Å². The number of anilines is 1. The van der Waals surface area contributed by atoms with E-state index in [4.69, 9.17) is 16.3 Å². The first-order chi connectivity index (χ1) is 10.9. The van der Waals surface area contributed by atoms with Gasteiger partial charge >= 0.3 is 0 Å². The molecule has 0 spiro atoms. The van der Waals surface area contributed by atoms with Crippen molar-refractivity contribution in [2.75, 3.05) is 31.6 Å². The van der Waals surface area contributed by atoms with Crippen molar-refractivity contribution < 1.29 is 14.3 Å². The summed E-state index contributed by atoms with van der Waals surface area (Å²) in [7, 11) is 1.53. The fourth-order valence-corrected chi connectivity index (χ4v) is 3.06. The highest BCUT2D eigenvalue weighted by atomic mass is 35.5. The van der Waals surface area contributed by atoms with Crippen molar-refractivity contribution in [3.05, 3.63) is 23.2 Å². The predicted octanol–water partition coefficient (Wildman–Crippen LogP) is 2.96. The van der Waals surface area contributed by atoms with E-state index in [-0.39, 0.29) is 18.4 Å². The van der Waals surface area contributed by atoms with Crippen molar-refractivity contribution in [1.29, 1.82) is 0 Å². The summed E-state index contributed by atoms with van der Waals surface area (Å²) in [6, 6.07) is 5.03. The number of carbonyl (C=O) groups is 2. The molecule has 0 saturated carbocycles. The number of benzene rings is 1. The van der Waals surface area contributed by atoms with Gasteiger partial charge in [-0.3, -0.25) is 14.5 Å². The molecule has 0 N–H and O–H groups in total. The van der Waals surface area contributed by atoms with Crippen molar-refractivity contribution in [1.82, 2.24) is 4.90 Å². The van der Waals surface area contributed by atoms with Crippen LogP contribution in [0.2, 0.25) is 5.02 Å². The summed E-state index contributed by atoms with van der Waals surface area (Å²) >= 11 is 6.04. The maximum atomic E-state index is 12.6. The monoisotopic (exact) mass is 338 g/mol. The summed E-state index contributed by atoms with van der Waals surface area (Å²) in [6.07, 6.45) is 2.15. The lowest BCUT2D eigenvalue weighted by molar-refractivity contribution is -0.132. The first-order valence-corrected chi connectivity index (χ1v) is 8.19. The maximum Gasteiger partial charge on any atom is 0.242 e. The Kier molecular flexibility index (Phi) is 5.88. The normalized spacial score (nSPS) is 17.7. The number of likely N-dealkylation sites (tertiary alicyclic amines) is 1. The Hall–Kier alpha value is -1.75. The van der Waals surface area contributed by atoms with Crippen LogP contribution in [0.3, 0.4) is 0 Å². The second-order valence-electron chi connectivity index (χ2n) is 6.01.